The predicted octanol–water partition coefficient (Wildman–Crippen LogP) is 1.60. The molecule has 5 heteroatoms. The molecule has 21 heavy (non-hydrogen) atoms. The van der Waals surface area contributed by atoms with E-state index in [2.05, 4.69) is 28.1 Å². The summed E-state index contributed by atoms with van der Waals surface area (Å²) in [5.74, 6) is 0.131. The monoisotopic (exact) mass is 294 g/mol. The van der Waals surface area contributed by atoms with E-state index in [0.717, 1.165) is 45.6 Å². The van der Waals surface area contributed by atoms with Crippen LogP contribution in [-0.2, 0) is 4.79 Å². The number of hydrogen-bond acceptors (Lipinski definition) is 4. The van der Waals surface area contributed by atoms with Gasteiger partial charge in [-0.15, -0.1) is 0 Å². The molecule has 0 aromatic carbocycles. The second-order valence-electron chi connectivity index (χ2n) is 5.80. The Kier molecular flexibility index (Phi) is 8.33. The van der Waals surface area contributed by atoms with Gasteiger partial charge in [0.15, 0.2) is 0 Å². The summed E-state index contributed by atoms with van der Waals surface area (Å²) in [5, 5.41) is 12.1. The molecule has 0 radical (unpaired) electrons. The molecule has 1 fully saturated rings. The maximum absolute atomic E-state index is 12.1. The summed E-state index contributed by atoms with van der Waals surface area (Å²) >= 11 is 0. The maximum atomic E-state index is 12.1. The fraction of sp³-hybridized carbons (Fsp3) is 0.875. The topological polar surface area (TPSA) is 59.4 Å². The van der Waals surface area contributed by atoms with Crippen molar-refractivity contribution in [3.63, 3.8) is 0 Å². The molecule has 1 N–H and O–H groups in total. The van der Waals surface area contributed by atoms with Crippen molar-refractivity contribution in [3.05, 3.63) is 0 Å². The quantitative estimate of drug-likeness (QED) is 0.691. The first-order chi connectivity index (χ1) is 10.1. The SMILES string of the molecule is CCCCCNC(=O)C(C)N1CCN(C(C#N)CC)CC1. The lowest BCUT2D eigenvalue weighted by molar-refractivity contribution is -0.126. The molecule has 0 aromatic rings. The lowest BCUT2D eigenvalue weighted by atomic mass is 10.1. The van der Waals surface area contributed by atoms with Crippen LogP contribution in [0.15, 0.2) is 0 Å². The van der Waals surface area contributed by atoms with E-state index in [-0.39, 0.29) is 18.0 Å². The zero-order chi connectivity index (χ0) is 15.7. The van der Waals surface area contributed by atoms with Crippen LogP contribution >= 0.6 is 0 Å². The van der Waals surface area contributed by atoms with Crippen molar-refractivity contribution >= 4 is 5.91 Å². The van der Waals surface area contributed by atoms with E-state index in [4.69, 9.17) is 5.26 Å². The largest absolute Gasteiger partial charge is 0.355 e. The second-order valence-corrected chi connectivity index (χ2v) is 5.80. The Morgan fingerprint density at radius 1 is 1.19 bits per heavy atom. The van der Waals surface area contributed by atoms with Gasteiger partial charge in [0.2, 0.25) is 5.91 Å². The van der Waals surface area contributed by atoms with Crippen LogP contribution in [0.25, 0.3) is 0 Å². The Balaban J connectivity index is 2.32. The summed E-state index contributed by atoms with van der Waals surface area (Å²) in [6.45, 7) is 10.4. The van der Waals surface area contributed by atoms with Gasteiger partial charge in [-0.1, -0.05) is 26.7 Å². The van der Waals surface area contributed by atoms with Crippen LogP contribution in [0, 0.1) is 11.3 Å². The van der Waals surface area contributed by atoms with E-state index in [0.29, 0.717) is 0 Å². The molecule has 0 bridgehead atoms. The molecule has 1 heterocycles. The number of nitrogens with one attached hydrogen (secondary N) is 1. The van der Waals surface area contributed by atoms with Crippen LogP contribution in [0.3, 0.4) is 0 Å². The number of piperazine rings is 1. The fourth-order valence-corrected chi connectivity index (χ4v) is 2.77. The van der Waals surface area contributed by atoms with Crippen LogP contribution in [0.2, 0.25) is 0 Å². The summed E-state index contributed by atoms with van der Waals surface area (Å²) < 4.78 is 0. The first-order valence-corrected chi connectivity index (χ1v) is 8.29. The second kappa shape index (κ2) is 9.75. The average molecular weight is 294 g/mol. The van der Waals surface area contributed by atoms with Crippen LogP contribution in [0.5, 0.6) is 0 Å². The highest BCUT2D eigenvalue weighted by molar-refractivity contribution is 5.81. The molecule has 0 aliphatic carbocycles. The van der Waals surface area contributed by atoms with Gasteiger partial charge in [0.25, 0.3) is 0 Å². The van der Waals surface area contributed by atoms with Crippen molar-refractivity contribution in [2.24, 2.45) is 0 Å². The zero-order valence-electron chi connectivity index (χ0n) is 13.8. The number of nitriles is 1. The highest BCUT2D eigenvalue weighted by atomic mass is 16.2. The lowest BCUT2D eigenvalue weighted by Crippen LogP contribution is -2.55. The minimum absolute atomic E-state index is 0.0188. The number of unbranched alkanes of at least 4 members (excludes halogenated alkanes) is 2. The van der Waals surface area contributed by atoms with E-state index in [1.807, 2.05) is 13.8 Å². The standard InChI is InChI=1S/C16H30N4O/c1-4-6-7-8-18-16(21)14(3)19-9-11-20(12-10-19)15(5-2)13-17/h14-15H,4-12H2,1-3H3,(H,18,21). The minimum atomic E-state index is -0.0732. The zero-order valence-corrected chi connectivity index (χ0v) is 13.8. The van der Waals surface area contributed by atoms with E-state index in [1.165, 1.54) is 12.8 Å². The highest BCUT2D eigenvalue weighted by Gasteiger charge is 2.27. The van der Waals surface area contributed by atoms with Gasteiger partial charge < -0.3 is 5.32 Å². The van der Waals surface area contributed by atoms with Crippen molar-refractivity contribution in [1.29, 1.82) is 5.26 Å². The molecule has 2 atom stereocenters. The summed E-state index contributed by atoms with van der Waals surface area (Å²) in [6.07, 6.45) is 4.26. The van der Waals surface area contributed by atoms with E-state index >= 15 is 0 Å². The summed E-state index contributed by atoms with van der Waals surface area (Å²) in [6, 6.07) is 2.30. The lowest BCUT2D eigenvalue weighted by Gasteiger charge is -2.38. The molecule has 0 spiro atoms. The number of rotatable bonds is 8. The molecule has 1 amide bonds. The fourth-order valence-electron chi connectivity index (χ4n) is 2.77. The molecule has 1 saturated heterocycles. The Morgan fingerprint density at radius 2 is 1.81 bits per heavy atom. The van der Waals surface area contributed by atoms with Gasteiger partial charge in [0.1, 0.15) is 0 Å². The van der Waals surface area contributed by atoms with Crippen LogP contribution in [-0.4, -0.2) is 60.5 Å². The van der Waals surface area contributed by atoms with Gasteiger partial charge in [-0.25, -0.2) is 0 Å². The number of hydrogen-bond donors (Lipinski definition) is 1. The molecule has 2 unspecified atom stereocenters. The molecule has 1 rings (SSSR count). The Bertz CT molecular complexity index is 345. The molecule has 0 aromatic heterocycles. The molecule has 120 valence electrons. The Labute approximate surface area is 129 Å². The van der Waals surface area contributed by atoms with Crippen molar-refractivity contribution in [2.75, 3.05) is 32.7 Å². The number of carbonyl (C=O) groups excluding carboxylic acids is 1. The van der Waals surface area contributed by atoms with Crippen LogP contribution < -0.4 is 5.32 Å². The van der Waals surface area contributed by atoms with Gasteiger partial charge in [-0.3, -0.25) is 14.6 Å². The van der Waals surface area contributed by atoms with E-state index < -0.39 is 0 Å². The van der Waals surface area contributed by atoms with Gasteiger partial charge in [-0.2, -0.15) is 5.26 Å². The minimum Gasteiger partial charge on any atom is -0.355 e. The molecular formula is C16H30N4O. The maximum Gasteiger partial charge on any atom is 0.237 e. The Hall–Kier alpha value is -1.12. The summed E-state index contributed by atoms with van der Waals surface area (Å²) in [5.41, 5.74) is 0. The number of amides is 1. The van der Waals surface area contributed by atoms with Crippen molar-refractivity contribution in [1.82, 2.24) is 15.1 Å². The van der Waals surface area contributed by atoms with Crippen molar-refractivity contribution in [2.45, 2.75) is 58.5 Å². The van der Waals surface area contributed by atoms with E-state index in [1.54, 1.807) is 0 Å². The molecule has 1 aliphatic heterocycles. The van der Waals surface area contributed by atoms with Crippen molar-refractivity contribution < 1.29 is 4.79 Å². The first-order valence-electron chi connectivity index (χ1n) is 8.29. The normalized spacial score (nSPS) is 19.7. The highest BCUT2D eigenvalue weighted by Crippen LogP contribution is 2.11. The molecular weight excluding hydrogens is 264 g/mol. The third-order valence-electron chi connectivity index (χ3n) is 4.33. The van der Waals surface area contributed by atoms with Crippen LogP contribution in [0.4, 0.5) is 0 Å². The summed E-state index contributed by atoms with van der Waals surface area (Å²) in [7, 11) is 0. The van der Waals surface area contributed by atoms with Gasteiger partial charge in [-0.05, 0) is 19.8 Å². The third kappa shape index (κ3) is 5.64. The average Bonchev–Trinajstić information content (AvgIpc) is 2.52. The number of carbonyl (C=O) groups is 1. The smallest absolute Gasteiger partial charge is 0.237 e. The van der Waals surface area contributed by atoms with E-state index in [9.17, 15) is 4.79 Å². The van der Waals surface area contributed by atoms with Crippen molar-refractivity contribution in [3.8, 4) is 6.07 Å². The number of nitrogens with zero attached hydrogens (tertiary/aromatic N) is 3. The third-order valence-corrected chi connectivity index (χ3v) is 4.33. The van der Waals surface area contributed by atoms with Gasteiger partial charge >= 0.3 is 0 Å². The van der Waals surface area contributed by atoms with Gasteiger partial charge in [0, 0.05) is 32.7 Å². The Morgan fingerprint density at radius 3 is 2.33 bits per heavy atom. The van der Waals surface area contributed by atoms with Crippen LogP contribution in [0.1, 0.15) is 46.5 Å². The van der Waals surface area contributed by atoms with Gasteiger partial charge in [0.05, 0.1) is 18.2 Å². The predicted molar refractivity (Wildman–Crippen MR) is 84.8 cm³/mol. The molecule has 5 nitrogen and oxygen atoms in total. The molecule has 0 saturated carbocycles. The first kappa shape index (κ1) is 17.9. The molecule has 1 aliphatic rings. The summed E-state index contributed by atoms with van der Waals surface area (Å²) in [4.78, 5) is 16.6.